The van der Waals surface area contributed by atoms with E-state index in [0.29, 0.717) is 11.3 Å². The summed E-state index contributed by atoms with van der Waals surface area (Å²) in [6, 6.07) is 18.0. The second-order valence-electron chi connectivity index (χ2n) is 6.46. The molecule has 0 spiro atoms. The molecule has 3 aromatic carbocycles. The first-order chi connectivity index (χ1) is 12.3. The Morgan fingerprint density at radius 3 is 2.68 bits per heavy atom. The van der Waals surface area contributed by atoms with Crippen LogP contribution in [0.5, 0.6) is 0 Å². The number of carbonyl (C=O) groups excluding carboxylic acids is 1. The second kappa shape index (κ2) is 5.45. The predicted octanol–water partition coefficient (Wildman–Crippen LogP) is 4.26. The Labute approximate surface area is 144 Å². The number of aromatic nitrogens is 1. The number of benzene rings is 3. The van der Waals surface area contributed by atoms with E-state index < -0.39 is 0 Å². The summed E-state index contributed by atoms with van der Waals surface area (Å²) in [5.41, 5.74) is 4.96. The normalized spacial score (nSPS) is 12.8. The van der Waals surface area contributed by atoms with Crippen molar-refractivity contribution in [2.24, 2.45) is 0 Å². The van der Waals surface area contributed by atoms with Gasteiger partial charge in [0.2, 0.25) is 5.91 Å². The molecule has 1 aliphatic rings. The highest BCUT2D eigenvalue weighted by molar-refractivity contribution is 6.05. The third kappa shape index (κ3) is 2.30. The van der Waals surface area contributed by atoms with Crippen LogP contribution in [0.3, 0.4) is 0 Å². The Balaban J connectivity index is 1.46. The van der Waals surface area contributed by atoms with Gasteiger partial charge in [0.05, 0.1) is 6.42 Å². The van der Waals surface area contributed by atoms with Crippen LogP contribution in [0.2, 0.25) is 0 Å². The molecule has 0 radical (unpaired) electrons. The summed E-state index contributed by atoms with van der Waals surface area (Å²) < 4.78 is 5.28. The number of hydrogen-bond acceptors (Lipinski definition) is 3. The van der Waals surface area contributed by atoms with Crippen molar-refractivity contribution in [3.05, 3.63) is 71.4 Å². The van der Waals surface area contributed by atoms with E-state index in [0.717, 1.165) is 29.3 Å². The van der Waals surface area contributed by atoms with Crippen molar-refractivity contribution < 1.29 is 9.32 Å². The minimum Gasteiger partial charge on any atom is -0.356 e. The van der Waals surface area contributed by atoms with Crippen molar-refractivity contribution in [2.45, 2.75) is 19.3 Å². The Morgan fingerprint density at radius 1 is 0.960 bits per heavy atom. The van der Waals surface area contributed by atoms with Gasteiger partial charge in [-0.05, 0) is 47.6 Å². The maximum atomic E-state index is 12.6. The lowest BCUT2D eigenvalue weighted by Crippen LogP contribution is -2.15. The van der Waals surface area contributed by atoms with Gasteiger partial charge in [0.15, 0.2) is 5.58 Å². The number of anilines is 1. The van der Waals surface area contributed by atoms with Crippen molar-refractivity contribution >= 4 is 33.3 Å². The molecule has 1 aromatic heterocycles. The summed E-state index contributed by atoms with van der Waals surface area (Å²) in [4.78, 5) is 12.6. The fourth-order valence-corrected chi connectivity index (χ4v) is 3.77. The van der Waals surface area contributed by atoms with Crippen LogP contribution in [0, 0.1) is 0 Å². The molecular weight excluding hydrogens is 312 g/mol. The molecule has 0 atom stereocenters. The number of carbonyl (C=O) groups is 1. The van der Waals surface area contributed by atoms with Gasteiger partial charge in [0.1, 0.15) is 5.69 Å². The fourth-order valence-electron chi connectivity index (χ4n) is 3.77. The van der Waals surface area contributed by atoms with Gasteiger partial charge in [0.25, 0.3) is 0 Å². The standard InChI is InChI=1S/C21H16N2O2/c24-20(12-18-15-5-1-2-7-19(15)25-23-18)22-17-11-10-14-9-8-13-4-3-6-16(17)21(13)14/h1-7,10-11H,8-9,12H2,(H,22,24). The van der Waals surface area contributed by atoms with Crippen LogP contribution < -0.4 is 5.32 Å². The van der Waals surface area contributed by atoms with E-state index in [9.17, 15) is 4.79 Å². The molecule has 4 heteroatoms. The van der Waals surface area contributed by atoms with Crippen LogP contribution in [-0.2, 0) is 24.1 Å². The molecule has 5 rings (SSSR count). The maximum Gasteiger partial charge on any atom is 0.230 e. The van der Waals surface area contributed by atoms with Crippen molar-refractivity contribution in [1.29, 1.82) is 0 Å². The van der Waals surface area contributed by atoms with Gasteiger partial charge in [-0.1, -0.05) is 41.6 Å². The SMILES string of the molecule is O=C(Cc1noc2ccccc12)Nc1ccc2c3c(cccc13)CC2. The largest absolute Gasteiger partial charge is 0.356 e. The number of para-hydroxylation sites is 1. The maximum absolute atomic E-state index is 12.6. The zero-order valence-corrected chi connectivity index (χ0v) is 13.6. The van der Waals surface area contributed by atoms with Gasteiger partial charge in [-0.25, -0.2) is 0 Å². The van der Waals surface area contributed by atoms with Crippen molar-refractivity contribution in [3.63, 3.8) is 0 Å². The van der Waals surface area contributed by atoms with E-state index >= 15 is 0 Å². The number of aryl methyl sites for hydroxylation is 2. The predicted molar refractivity (Wildman–Crippen MR) is 97.7 cm³/mol. The fraction of sp³-hybridized carbons (Fsp3) is 0.143. The van der Waals surface area contributed by atoms with Crippen LogP contribution in [0.1, 0.15) is 16.8 Å². The van der Waals surface area contributed by atoms with Gasteiger partial charge < -0.3 is 9.84 Å². The number of amides is 1. The van der Waals surface area contributed by atoms with Crippen LogP contribution in [-0.4, -0.2) is 11.1 Å². The zero-order chi connectivity index (χ0) is 16.8. The molecule has 0 saturated heterocycles. The molecule has 1 heterocycles. The second-order valence-corrected chi connectivity index (χ2v) is 6.46. The summed E-state index contributed by atoms with van der Waals surface area (Å²) in [6.45, 7) is 0. The molecule has 0 saturated carbocycles. The number of hydrogen-bond donors (Lipinski definition) is 1. The average molecular weight is 328 g/mol. The average Bonchev–Trinajstić information content (AvgIpc) is 3.23. The third-order valence-electron chi connectivity index (χ3n) is 4.93. The van der Waals surface area contributed by atoms with Gasteiger partial charge in [-0.15, -0.1) is 0 Å². The Morgan fingerprint density at radius 2 is 1.76 bits per heavy atom. The first-order valence-corrected chi connectivity index (χ1v) is 8.46. The van der Waals surface area contributed by atoms with Crippen LogP contribution in [0.15, 0.2) is 59.1 Å². The molecule has 1 N–H and O–H groups in total. The number of nitrogens with zero attached hydrogens (tertiary/aromatic N) is 1. The molecule has 122 valence electrons. The lowest BCUT2D eigenvalue weighted by atomic mass is 10.0. The van der Waals surface area contributed by atoms with E-state index in [-0.39, 0.29) is 12.3 Å². The van der Waals surface area contributed by atoms with Crippen LogP contribution in [0.25, 0.3) is 21.7 Å². The first kappa shape index (κ1) is 14.2. The van der Waals surface area contributed by atoms with E-state index in [1.165, 1.54) is 16.5 Å². The molecule has 4 aromatic rings. The molecular formula is C21H16N2O2. The molecule has 0 fully saturated rings. The molecule has 1 amide bonds. The highest BCUT2D eigenvalue weighted by Gasteiger charge is 2.17. The van der Waals surface area contributed by atoms with E-state index in [2.05, 4.69) is 34.7 Å². The van der Waals surface area contributed by atoms with Gasteiger partial charge in [0, 0.05) is 16.5 Å². The Kier molecular flexibility index (Phi) is 3.10. The summed E-state index contributed by atoms with van der Waals surface area (Å²) in [5.74, 6) is -0.0854. The molecule has 0 aliphatic heterocycles. The highest BCUT2D eigenvalue weighted by atomic mass is 16.5. The van der Waals surface area contributed by atoms with Gasteiger partial charge in [-0.2, -0.15) is 0 Å². The number of rotatable bonds is 3. The van der Waals surface area contributed by atoms with Gasteiger partial charge >= 0.3 is 0 Å². The monoisotopic (exact) mass is 328 g/mol. The highest BCUT2D eigenvalue weighted by Crippen LogP contribution is 2.35. The quantitative estimate of drug-likeness (QED) is 0.611. The summed E-state index contributed by atoms with van der Waals surface area (Å²) in [7, 11) is 0. The minimum absolute atomic E-state index is 0.0854. The lowest BCUT2D eigenvalue weighted by Gasteiger charge is -2.10. The zero-order valence-electron chi connectivity index (χ0n) is 13.6. The molecule has 25 heavy (non-hydrogen) atoms. The molecule has 4 nitrogen and oxygen atoms in total. The van der Waals surface area contributed by atoms with E-state index in [4.69, 9.17) is 4.52 Å². The summed E-state index contributed by atoms with van der Waals surface area (Å²) >= 11 is 0. The first-order valence-electron chi connectivity index (χ1n) is 8.46. The number of nitrogens with one attached hydrogen (secondary N) is 1. The topological polar surface area (TPSA) is 55.1 Å². The van der Waals surface area contributed by atoms with Crippen LogP contribution >= 0.6 is 0 Å². The molecule has 0 bridgehead atoms. The Hall–Kier alpha value is -3.14. The third-order valence-corrected chi connectivity index (χ3v) is 4.93. The van der Waals surface area contributed by atoms with Crippen molar-refractivity contribution in [2.75, 3.05) is 5.32 Å². The van der Waals surface area contributed by atoms with Crippen molar-refractivity contribution in [3.8, 4) is 0 Å². The lowest BCUT2D eigenvalue weighted by molar-refractivity contribution is -0.115. The van der Waals surface area contributed by atoms with Gasteiger partial charge in [-0.3, -0.25) is 4.79 Å². The van der Waals surface area contributed by atoms with Crippen molar-refractivity contribution in [1.82, 2.24) is 5.16 Å². The minimum atomic E-state index is -0.0854. The summed E-state index contributed by atoms with van der Waals surface area (Å²) in [5, 5.41) is 10.4. The van der Waals surface area contributed by atoms with Crippen LogP contribution in [0.4, 0.5) is 5.69 Å². The smallest absolute Gasteiger partial charge is 0.230 e. The van der Waals surface area contributed by atoms with E-state index in [1.54, 1.807) is 0 Å². The van der Waals surface area contributed by atoms with E-state index in [1.807, 2.05) is 30.3 Å². The molecule has 1 aliphatic carbocycles. The Bertz CT molecular complexity index is 1120. The number of fused-ring (bicyclic) bond motifs is 1. The summed E-state index contributed by atoms with van der Waals surface area (Å²) in [6.07, 6.45) is 2.35. The molecule has 0 unspecified atom stereocenters.